The normalized spacial score (nSPS) is 19.7. The summed E-state index contributed by atoms with van der Waals surface area (Å²) < 4.78 is 5.37. The standard InChI is InChI=1S/C15H20NO3/c1-11-7-5-6-8-13(11)19-16-10-9-12(16)14(17)18-15(2,3)4/h5-6,8,12H,9-10H2,1-4H3. The quantitative estimate of drug-likeness (QED) is 0.785. The van der Waals surface area contributed by atoms with Crippen LogP contribution in [0.4, 0.5) is 0 Å². The summed E-state index contributed by atoms with van der Waals surface area (Å²) >= 11 is 0. The molecule has 1 aromatic carbocycles. The van der Waals surface area contributed by atoms with Crippen LogP contribution in [-0.4, -0.2) is 29.2 Å². The van der Waals surface area contributed by atoms with Gasteiger partial charge in [-0.25, -0.2) is 0 Å². The summed E-state index contributed by atoms with van der Waals surface area (Å²) in [4.78, 5) is 17.7. The van der Waals surface area contributed by atoms with Gasteiger partial charge in [-0.05, 0) is 46.2 Å². The zero-order valence-electron chi connectivity index (χ0n) is 11.9. The summed E-state index contributed by atoms with van der Waals surface area (Å²) in [5.41, 5.74) is 0.465. The van der Waals surface area contributed by atoms with Gasteiger partial charge < -0.3 is 9.57 Å². The number of esters is 1. The molecule has 1 atom stereocenters. The van der Waals surface area contributed by atoms with Crippen LogP contribution in [0, 0.1) is 13.0 Å². The second-order valence-electron chi connectivity index (χ2n) is 5.73. The summed E-state index contributed by atoms with van der Waals surface area (Å²) in [5, 5.41) is 1.67. The van der Waals surface area contributed by atoms with Gasteiger partial charge in [0.15, 0.2) is 5.75 Å². The van der Waals surface area contributed by atoms with Crippen molar-refractivity contribution in [2.45, 2.75) is 45.8 Å². The molecule has 4 nitrogen and oxygen atoms in total. The Morgan fingerprint density at radius 1 is 1.47 bits per heavy atom. The molecule has 1 aromatic rings. The molecule has 1 aliphatic rings. The third-order valence-corrected chi connectivity index (χ3v) is 2.88. The SMILES string of the molecule is Cc1[c]cccc1ON1CCC1C(=O)OC(C)(C)C. The Hall–Kier alpha value is -1.55. The van der Waals surface area contributed by atoms with Crippen LogP contribution in [0.1, 0.15) is 32.8 Å². The Bertz CT molecular complexity index is 465. The summed E-state index contributed by atoms with van der Waals surface area (Å²) in [6, 6.07) is 8.34. The van der Waals surface area contributed by atoms with Crippen molar-refractivity contribution in [1.29, 1.82) is 0 Å². The summed E-state index contributed by atoms with van der Waals surface area (Å²) in [7, 11) is 0. The largest absolute Gasteiger partial charge is 0.459 e. The maximum absolute atomic E-state index is 12.0. The fourth-order valence-corrected chi connectivity index (χ4v) is 1.81. The number of aryl methyl sites for hydroxylation is 1. The van der Waals surface area contributed by atoms with E-state index in [2.05, 4.69) is 6.07 Å². The van der Waals surface area contributed by atoms with Crippen molar-refractivity contribution in [2.75, 3.05) is 6.54 Å². The molecule has 1 fully saturated rings. The van der Waals surface area contributed by atoms with Gasteiger partial charge in [-0.2, -0.15) is 0 Å². The molecule has 0 bridgehead atoms. The minimum absolute atomic E-state index is 0.226. The van der Waals surface area contributed by atoms with Crippen molar-refractivity contribution >= 4 is 5.97 Å². The first-order chi connectivity index (χ1) is 8.87. The fourth-order valence-electron chi connectivity index (χ4n) is 1.81. The Morgan fingerprint density at radius 2 is 2.21 bits per heavy atom. The zero-order valence-corrected chi connectivity index (χ0v) is 11.9. The Balaban J connectivity index is 1.96. The van der Waals surface area contributed by atoms with E-state index in [0.29, 0.717) is 0 Å². The van der Waals surface area contributed by atoms with E-state index in [-0.39, 0.29) is 12.0 Å². The molecule has 2 rings (SSSR count). The third-order valence-electron chi connectivity index (χ3n) is 2.88. The van der Waals surface area contributed by atoms with Crippen LogP contribution >= 0.6 is 0 Å². The molecule has 19 heavy (non-hydrogen) atoms. The summed E-state index contributed by atoms with van der Waals surface area (Å²) in [6.45, 7) is 8.26. The topological polar surface area (TPSA) is 38.8 Å². The molecule has 4 heteroatoms. The van der Waals surface area contributed by atoms with Gasteiger partial charge in [0.1, 0.15) is 11.6 Å². The number of nitrogens with zero attached hydrogens (tertiary/aromatic N) is 1. The predicted molar refractivity (Wildman–Crippen MR) is 71.6 cm³/mol. The lowest BCUT2D eigenvalue weighted by atomic mass is 10.1. The van der Waals surface area contributed by atoms with Gasteiger partial charge in [-0.3, -0.25) is 4.79 Å². The van der Waals surface area contributed by atoms with E-state index >= 15 is 0 Å². The van der Waals surface area contributed by atoms with Gasteiger partial charge in [-0.15, -0.1) is 5.06 Å². The van der Waals surface area contributed by atoms with Gasteiger partial charge >= 0.3 is 5.97 Å². The van der Waals surface area contributed by atoms with E-state index < -0.39 is 5.60 Å². The van der Waals surface area contributed by atoms with Crippen molar-refractivity contribution < 1.29 is 14.4 Å². The highest BCUT2D eigenvalue weighted by atomic mass is 16.7. The third kappa shape index (κ3) is 3.47. The minimum atomic E-state index is -0.464. The minimum Gasteiger partial charge on any atom is -0.459 e. The average molecular weight is 262 g/mol. The number of ether oxygens (including phenoxy) is 1. The van der Waals surface area contributed by atoms with Crippen molar-refractivity contribution in [3.05, 3.63) is 29.8 Å². The van der Waals surface area contributed by atoms with Crippen molar-refractivity contribution in [3.63, 3.8) is 0 Å². The molecule has 0 saturated carbocycles. The van der Waals surface area contributed by atoms with Crippen LogP contribution in [-0.2, 0) is 9.53 Å². The van der Waals surface area contributed by atoms with Crippen molar-refractivity contribution in [1.82, 2.24) is 5.06 Å². The molecular weight excluding hydrogens is 242 g/mol. The predicted octanol–water partition coefficient (Wildman–Crippen LogP) is 2.51. The molecule has 0 spiro atoms. The van der Waals surface area contributed by atoms with E-state index in [4.69, 9.17) is 9.57 Å². The number of hydroxylamine groups is 2. The maximum Gasteiger partial charge on any atom is 0.327 e. The zero-order chi connectivity index (χ0) is 14.0. The lowest BCUT2D eigenvalue weighted by molar-refractivity contribution is -0.197. The molecular formula is C15H20NO3. The maximum atomic E-state index is 12.0. The lowest BCUT2D eigenvalue weighted by Crippen LogP contribution is -2.55. The van der Waals surface area contributed by atoms with Gasteiger partial charge in [0.2, 0.25) is 0 Å². The second kappa shape index (κ2) is 5.21. The average Bonchev–Trinajstić information content (AvgIpc) is 2.23. The van der Waals surface area contributed by atoms with Crippen LogP contribution in [0.3, 0.4) is 0 Å². The van der Waals surface area contributed by atoms with Crippen LogP contribution in [0.2, 0.25) is 0 Å². The highest BCUT2D eigenvalue weighted by Crippen LogP contribution is 2.25. The summed E-state index contributed by atoms with van der Waals surface area (Å²) in [5.74, 6) is 0.507. The Kier molecular flexibility index (Phi) is 3.80. The fraction of sp³-hybridized carbons (Fsp3) is 0.533. The van der Waals surface area contributed by atoms with Crippen molar-refractivity contribution in [2.24, 2.45) is 0 Å². The number of carbonyl (C=O) groups excluding carboxylic acids is 1. The molecule has 0 amide bonds. The van der Waals surface area contributed by atoms with Gasteiger partial charge in [0.25, 0.3) is 0 Å². The molecule has 0 aliphatic carbocycles. The van der Waals surface area contributed by atoms with Crippen LogP contribution in [0.5, 0.6) is 5.75 Å². The molecule has 0 aromatic heterocycles. The van der Waals surface area contributed by atoms with E-state index in [1.165, 1.54) is 0 Å². The number of hydrogen-bond donors (Lipinski definition) is 0. The lowest BCUT2D eigenvalue weighted by Gasteiger charge is -2.38. The number of carbonyl (C=O) groups is 1. The second-order valence-corrected chi connectivity index (χ2v) is 5.73. The molecule has 0 N–H and O–H groups in total. The van der Waals surface area contributed by atoms with Crippen LogP contribution < -0.4 is 4.84 Å². The van der Waals surface area contributed by atoms with E-state index in [9.17, 15) is 4.79 Å². The highest BCUT2D eigenvalue weighted by molar-refractivity contribution is 5.77. The molecule has 1 aliphatic heterocycles. The number of rotatable bonds is 3. The van der Waals surface area contributed by atoms with Crippen LogP contribution in [0.25, 0.3) is 0 Å². The van der Waals surface area contributed by atoms with Crippen molar-refractivity contribution in [3.8, 4) is 5.75 Å². The van der Waals surface area contributed by atoms with Gasteiger partial charge in [-0.1, -0.05) is 12.1 Å². The number of benzene rings is 1. The van der Waals surface area contributed by atoms with E-state index in [0.717, 1.165) is 24.3 Å². The highest BCUT2D eigenvalue weighted by Gasteiger charge is 2.39. The first kappa shape index (κ1) is 13.9. The molecule has 1 saturated heterocycles. The monoisotopic (exact) mass is 262 g/mol. The molecule has 1 heterocycles. The first-order valence-corrected chi connectivity index (χ1v) is 6.51. The number of hydrogen-bond acceptors (Lipinski definition) is 4. The summed E-state index contributed by atoms with van der Waals surface area (Å²) in [6.07, 6.45) is 0.768. The van der Waals surface area contributed by atoms with E-state index in [1.54, 1.807) is 5.06 Å². The first-order valence-electron chi connectivity index (χ1n) is 6.51. The van der Waals surface area contributed by atoms with Gasteiger partial charge in [0.05, 0.1) is 0 Å². The molecule has 1 radical (unpaired) electrons. The van der Waals surface area contributed by atoms with Gasteiger partial charge in [0, 0.05) is 12.1 Å². The smallest absolute Gasteiger partial charge is 0.327 e. The molecule has 1 unspecified atom stereocenters. The van der Waals surface area contributed by atoms with E-state index in [1.807, 2.05) is 45.9 Å². The molecule has 103 valence electrons. The Labute approximate surface area is 114 Å². The Morgan fingerprint density at radius 3 is 2.74 bits per heavy atom. The van der Waals surface area contributed by atoms with Crippen LogP contribution in [0.15, 0.2) is 18.2 Å².